The average Bonchev–Trinajstić information content (AvgIpc) is 2.87. The highest BCUT2D eigenvalue weighted by atomic mass is 31.2. The summed E-state index contributed by atoms with van der Waals surface area (Å²) in [5.41, 5.74) is 0. The molecule has 0 aromatic rings. The van der Waals surface area contributed by atoms with Crippen LogP contribution in [0.1, 0.15) is 58.3 Å². The van der Waals surface area contributed by atoms with Gasteiger partial charge in [-0.15, -0.1) is 0 Å². The molecule has 0 bridgehead atoms. The first-order chi connectivity index (χ1) is 17.0. The number of aliphatic hydroxyl groups is 1. The van der Waals surface area contributed by atoms with Crippen molar-refractivity contribution >= 4 is 13.8 Å². The van der Waals surface area contributed by atoms with Crippen LogP contribution in [0, 0.1) is 0 Å². The number of allylic oxidation sites excluding steroid dienone is 12. The van der Waals surface area contributed by atoms with Crippen LogP contribution in [-0.4, -0.2) is 44.6 Å². The number of esters is 1. The molecule has 0 aliphatic rings. The molecule has 1 atom stereocenters. The number of rotatable bonds is 21. The van der Waals surface area contributed by atoms with E-state index in [9.17, 15) is 14.5 Å². The van der Waals surface area contributed by atoms with Crippen LogP contribution < -0.4 is 0 Å². The second-order valence-corrected chi connectivity index (χ2v) is 9.24. The van der Waals surface area contributed by atoms with Crippen molar-refractivity contribution in [2.75, 3.05) is 27.4 Å². The van der Waals surface area contributed by atoms with Gasteiger partial charge < -0.3 is 9.84 Å². The van der Waals surface area contributed by atoms with Gasteiger partial charge in [0, 0.05) is 20.6 Å². The molecule has 7 nitrogen and oxygen atoms in total. The lowest BCUT2D eigenvalue weighted by Gasteiger charge is -2.18. The maximum Gasteiger partial charge on any atom is 0.474 e. The Bertz CT molecular complexity index is 743. The predicted molar refractivity (Wildman–Crippen MR) is 142 cm³/mol. The summed E-state index contributed by atoms with van der Waals surface area (Å²) in [5.74, 6) is -0.475. The highest BCUT2D eigenvalue weighted by molar-refractivity contribution is 7.48. The van der Waals surface area contributed by atoms with Gasteiger partial charge in [-0.3, -0.25) is 18.4 Å². The zero-order chi connectivity index (χ0) is 26.0. The van der Waals surface area contributed by atoms with E-state index in [-0.39, 0.29) is 13.0 Å². The second kappa shape index (κ2) is 23.7. The number of carbonyl (C=O) groups is 1. The van der Waals surface area contributed by atoms with Crippen molar-refractivity contribution in [3.8, 4) is 0 Å². The SMILES string of the molecule is CC/C=C\C/C=C\C/C=C\C/C=C\C/C=C\C/C=C\CCC(=O)O[C@H](CO)COP(=O)(OC)OC. The van der Waals surface area contributed by atoms with Crippen molar-refractivity contribution in [2.24, 2.45) is 0 Å². The zero-order valence-electron chi connectivity index (χ0n) is 21.4. The highest BCUT2D eigenvalue weighted by Gasteiger charge is 2.25. The monoisotopic (exact) mass is 510 g/mol. The van der Waals surface area contributed by atoms with Gasteiger partial charge in [0.1, 0.15) is 6.10 Å². The normalized spacial score (nSPS) is 14.1. The Morgan fingerprint density at radius 3 is 1.60 bits per heavy atom. The van der Waals surface area contributed by atoms with Crippen LogP contribution in [0.5, 0.6) is 0 Å². The summed E-state index contributed by atoms with van der Waals surface area (Å²) >= 11 is 0. The molecule has 0 aromatic heterocycles. The Kier molecular flexibility index (Phi) is 22.3. The van der Waals surface area contributed by atoms with E-state index >= 15 is 0 Å². The number of aliphatic hydroxyl groups excluding tert-OH is 1. The first kappa shape index (κ1) is 33.0. The molecule has 1 N–H and O–H groups in total. The lowest BCUT2D eigenvalue weighted by atomic mass is 10.2. The molecule has 0 amide bonds. The van der Waals surface area contributed by atoms with Crippen LogP contribution in [0.25, 0.3) is 0 Å². The molecule has 0 spiro atoms. The first-order valence-corrected chi connectivity index (χ1v) is 13.5. The third kappa shape index (κ3) is 21.0. The van der Waals surface area contributed by atoms with Gasteiger partial charge in [0.2, 0.25) is 0 Å². The fourth-order valence-corrected chi connectivity index (χ4v) is 3.27. The van der Waals surface area contributed by atoms with E-state index in [2.05, 4.69) is 76.7 Å². The number of hydrogen-bond acceptors (Lipinski definition) is 7. The lowest BCUT2D eigenvalue weighted by Crippen LogP contribution is -2.26. The van der Waals surface area contributed by atoms with Gasteiger partial charge in [0.05, 0.1) is 13.2 Å². The minimum atomic E-state index is -3.68. The molecule has 0 fully saturated rings. The van der Waals surface area contributed by atoms with Gasteiger partial charge in [-0.2, -0.15) is 0 Å². The Balaban J connectivity index is 3.87. The molecule has 0 heterocycles. The molecule has 0 aliphatic carbocycles. The molecule has 35 heavy (non-hydrogen) atoms. The summed E-state index contributed by atoms with van der Waals surface area (Å²) in [6.45, 7) is 1.39. The van der Waals surface area contributed by atoms with E-state index in [0.29, 0.717) is 6.42 Å². The van der Waals surface area contributed by atoms with Gasteiger partial charge in [-0.1, -0.05) is 79.8 Å². The average molecular weight is 511 g/mol. The number of ether oxygens (including phenoxy) is 1. The quantitative estimate of drug-likeness (QED) is 0.103. The molecular formula is C27H43O7P. The summed E-state index contributed by atoms with van der Waals surface area (Å²) in [5, 5.41) is 9.29. The molecule has 0 saturated heterocycles. The molecule has 0 aromatic carbocycles. The molecule has 0 radical (unpaired) electrons. The number of carbonyl (C=O) groups excluding carboxylic acids is 1. The Morgan fingerprint density at radius 1 is 0.771 bits per heavy atom. The third-order valence-corrected chi connectivity index (χ3v) is 5.84. The molecular weight excluding hydrogens is 467 g/mol. The smallest absolute Gasteiger partial charge is 0.457 e. The maximum atomic E-state index is 11.9. The maximum absolute atomic E-state index is 11.9. The molecule has 198 valence electrons. The van der Waals surface area contributed by atoms with Crippen molar-refractivity contribution in [1.82, 2.24) is 0 Å². The minimum absolute atomic E-state index is 0.172. The van der Waals surface area contributed by atoms with Crippen molar-refractivity contribution in [3.63, 3.8) is 0 Å². The zero-order valence-corrected chi connectivity index (χ0v) is 22.3. The second-order valence-electron chi connectivity index (χ2n) is 7.36. The van der Waals surface area contributed by atoms with Gasteiger partial charge in [-0.05, 0) is 44.9 Å². The van der Waals surface area contributed by atoms with Crippen molar-refractivity contribution < 1.29 is 32.8 Å². The molecule has 0 saturated carbocycles. The fraction of sp³-hybridized carbons (Fsp3) is 0.519. The van der Waals surface area contributed by atoms with Crippen LogP contribution in [-0.2, 0) is 27.7 Å². The topological polar surface area (TPSA) is 91.3 Å². The molecule has 0 aliphatic heterocycles. The minimum Gasteiger partial charge on any atom is -0.457 e. The lowest BCUT2D eigenvalue weighted by molar-refractivity contribution is -0.153. The van der Waals surface area contributed by atoms with Crippen molar-refractivity contribution in [1.29, 1.82) is 0 Å². The van der Waals surface area contributed by atoms with Crippen molar-refractivity contribution in [2.45, 2.75) is 64.4 Å². The van der Waals surface area contributed by atoms with Gasteiger partial charge in [0.25, 0.3) is 0 Å². The van der Waals surface area contributed by atoms with Gasteiger partial charge >= 0.3 is 13.8 Å². The van der Waals surface area contributed by atoms with Crippen LogP contribution >= 0.6 is 7.82 Å². The van der Waals surface area contributed by atoms with E-state index in [4.69, 9.17) is 9.26 Å². The van der Waals surface area contributed by atoms with Crippen LogP contribution in [0.15, 0.2) is 72.9 Å². The Morgan fingerprint density at radius 2 is 1.20 bits per heavy atom. The van der Waals surface area contributed by atoms with Crippen LogP contribution in [0.3, 0.4) is 0 Å². The van der Waals surface area contributed by atoms with Crippen molar-refractivity contribution in [3.05, 3.63) is 72.9 Å². The van der Waals surface area contributed by atoms with Gasteiger partial charge in [0.15, 0.2) is 0 Å². The fourth-order valence-electron chi connectivity index (χ4n) is 2.56. The van der Waals surface area contributed by atoms with E-state index in [1.54, 1.807) is 0 Å². The molecule has 0 rings (SSSR count). The number of hydrogen-bond donors (Lipinski definition) is 1. The summed E-state index contributed by atoms with van der Waals surface area (Å²) < 4.78 is 31.1. The molecule has 0 unspecified atom stereocenters. The number of phosphoric acid groups is 1. The number of phosphoric ester groups is 1. The Hall–Kier alpha value is -2.02. The Labute approximate surface area is 211 Å². The van der Waals surface area contributed by atoms with Crippen LogP contribution in [0.4, 0.5) is 0 Å². The summed E-state index contributed by atoms with van der Waals surface area (Å²) in [4.78, 5) is 11.9. The summed E-state index contributed by atoms with van der Waals surface area (Å²) in [6.07, 6.45) is 30.9. The largest absolute Gasteiger partial charge is 0.474 e. The molecule has 8 heteroatoms. The first-order valence-electron chi connectivity index (χ1n) is 12.1. The highest BCUT2D eigenvalue weighted by Crippen LogP contribution is 2.47. The van der Waals surface area contributed by atoms with Gasteiger partial charge in [-0.25, -0.2) is 4.57 Å². The van der Waals surface area contributed by atoms with E-state index in [1.807, 2.05) is 12.2 Å². The standard InChI is InChI=1S/C27H43O7P/c1-4-5-6-7-8-9-10-11-12-13-14-15-16-17-18-19-20-21-22-23-27(29)34-26(24-28)25-33-35(30,31-2)32-3/h5-6,8-9,11-12,14-15,17-18,20-21,26,28H,4,7,10,13,16,19,22-25H2,1-3H3/b6-5-,9-8-,12-11-,15-14-,18-17-,21-20-/t26-/m1/s1. The van der Waals surface area contributed by atoms with E-state index < -0.39 is 26.5 Å². The van der Waals surface area contributed by atoms with E-state index in [0.717, 1.165) is 38.5 Å². The van der Waals surface area contributed by atoms with Crippen LogP contribution in [0.2, 0.25) is 0 Å². The summed E-state index contributed by atoms with van der Waals surface area (Å²) in [6, 6.07) is 0. The summed E-state index contributed by atoms with van der Waals surface area (Å²) in [7, 11) is -1.33. The predicted octanol–water partition coefficient (Wildman–Crippen LogP) is 6.79. The van der Waals surface area contributed by atoms with E-state index in [1.165, 1.54) is 14.2 Å². The third-order valence-electron chi connectivity index (χ3n) is 4.48.